The molecule has 1 aliphatic rings. The average Bonchev–Trinajstić information content (AvgIpc) is 2.87. The van der Waals surface area contributed by atoms with E-state index in [9.17, 15) is 18.8 Å². The average molecular weight is 516 g/mol. The number of aromatic nitrogens is 2. The fourth-order valence-electron chi connectivity index (χ4n) is 3.44. The summed E-state index contributed by atoms with van der Waals surface area (Å²) in [4.78, 5) is 39.7. The molecule has 15 heteroatoms. The molecule has 0 aliphatic carbocycles. The van der Waals surface area contributed by atoms with Crippen LogP contribution in [0.1, 0.15) is 17.3 Å². The lowest BCUT2D eigenvalue weighted by atomic mass is 10.0. The number of nitrogens with one attached hydrogen (secondary N) is 1. The van der Waals surface area contributed by atoms with Gasteiger partial charge in [0.2, 0.25) is 5.43 Å². The molecule has 0 saturated carbocycles. The summed E-state index contributed by atoms with van der Waals surface area (Å²) in [5, 5.41) is 64.1. The molecular formula is C21H29FN4O10. The van der Waals surface area contributed by atoms with Crippen molar-refractivity contribution in [3.05, 3.63) is 33.9 Å². The Kier molecular flexibility index (Phi) is 10.2. The summed E-state index contributed by atoms with van der Waals surface area (Å²) < 4.78 is 16.0. The van der Waals surface area contributed by atoms with Crippen LogP contribution < -0.4 is 15.6 Å². The number of fused-ring (bicyclic) bond motifs is 1. The largest absolute Gasteiger partial charge is 0.479 e. The van der Waals surface area contributed by atoms with Gasteiger partial charge in [0, 0.05) is 38.9 Å². The van der Waals surface area contributed by atoms with E-state index in [4.69, 9.17) is 35.7 Å². The van der Waals surface area contributed by atoms with Gasteiger partial charge in [0.05, 0.1) is 12.0 Å². The van der Waals surface area contributed by atoms with Crippen molar-refractivity contribution >= 4 is 28.8 Å². The number of pyridine rings is 2. The van der Waals surface area contributed by atoms with Crippen LogP contribution in [-0.4, -0.2) is 114 Å². The highest BCUT2D eigenvalue weighted by Gasteiger charge is 2.33. The lowest BCUT2D eigenvalue weighted by Gasteiger charge is -2.29. The Morgan fingerprint density at radius 2 is 1.75 bits per heavy atom. The molecule has 200 valence electrons. The molecule has 0 aromatic carbocycles. The minimum atomic E-state index is -2.20. The Balaban J connectivity index is 0.000000302. The molecule has 1 saturated heterocycles. The Bertz CT molecular complexity index is 1140. The summed E-state index contributed by atoms with van der Waals surface area (Å²) in [7, 11) is 0. The standard InChI is InChI=1S/C15H17FN4O3.C6H12O7/c1-2-19-8-10(15(22)23)12(21)9-7-11(16)14(18-13(9)19)20-5-3-17-4-6-20;7-1-2(8)3(9)4(10)5(11)6(12)13/h7-8,17H,2-6H2,1H3,(H,22,23);2-5,7-11H,1H2,(H,12,13)/t;2-,3-,4+,5-/m.1/s1. The molecule has 0 radical (unpaired) electrons. The molecule has 3 rings (SSSR count). The number of aliphatic hydroxyl groups excluding tert-OH is 5. The van der Waals surface area contributed by atoms with Crippen molar-refractivity contribution in [1.82, 2.24) is 14.9 Å². The smallest absolute Gasteiger partial charge is 0.341 e. The zero-order valence-corrected chi connectivity index (χ0v) is 19.3. The first-order chi connectivity index (χ1) is 16.9. The van der Waals surface area contributed by atoms with Crippen LogP contribution in [0.3, 0.4) is 0 Å². The number of halogens is 1. The van der Waals surface area contributed by atoms with Gasteiger partial charge in [0.25, 0.3) is 0 Å². The van der Waals surface area contributed by atoms with Crippen LogP contribution in [0.25, 0.3) is 11.0 Å². The first kappa shape index (κ1) is 29.0. The molecule has 1 fully saturated rings. The van der Waals surface area contributed by atoms with Crippen LogP contribution in [0, 0.1) is 5.82 Å². The van der Waals surface area contributed by atoms with Crippen molar-refractivity contribution in [2.75, 3.05) is 37.7 Å². The van der Waals surface area contributed by atoms with Gasteiger partial charge in [-0.3, -0.25) is 4.79 Å². The predicted molar refractivity (Wildman–Crippen MR) is 122 cm³/mol. The van der Waals surface area contributed by atoms with E-state index >= 15 is 0 Å². The van der Waals surface area contributed by atoms with Crippen LogP contribution in [0.4, 0.5) is 10.2 Å². The summed E-state index contributed by atoms with van der Waals surface area (Å²) >= 11 is 0. The molecule has 14 nitrogen and oxygen atoms in total. The number of anilines is 1. The van der Waals surface area contributed by atoms with Crippen molar-refractivity contribution in [3.8, 4) is 0 Å². The van der Waals surface area contributed by atoms with E-state index in [2.05, 4.69) is 10.3 Å². The monoisotopic (exact) mass is 516 g/mol. The molecule has 3 heterocycles. The SMILES string of the molecule is CCn1cc(C(=O)O)c(=O)c2cc(F)c(N3CCNCC3)nc21.O=C(O)[C@H](O)[C@@H](O)[C@H](O)[C@H](O)CO. The minimum Gasteiger partial charge on any atom is -0.479 e. The first-order valence-corrected chi connectivity index (χ1v) is 10.9. The number of aliphatic hydroxyl groups is 5. The zero-order valence-electron chi connectivity index (χ0n) is 19.3. The first-order valence-electron chi connectivity index (χ1n) is 10.9. The normalized spacial score (nSPS) is 17.0. The number of piperazine rings is 1. The highest BCUT2D eigenvalue weighted by atomic mass is 19.1. The Labute approximate surface area is 203 Å². The van der Waals surface area contributed by atoms with Gasteiger partial charge in [-0.15, -0.1) is 0 Å². The number of carboxylic acids is 2. The number of hydrogen-bond acceptors (Lipinski definition) is 11. The van der Waals surface area contributed by atoms with E-state index in [1.54, 1.807) is 4.57 Å². The number of nitrogens with zero attached hydrogens (tertiary/aromatic N) is 3. The maximum Gasteiger partial charge on any atom is 0.341 e. The number of carboxylic acid groups (broad SMARTS) is 2. The van der Waals surface area contributed by atoms with Crippen molar-refractivity contribution in [2.24, 2.45) is 0 Å². The Morgan fingerprint density at radius 3 is 2.25 bits per heavy atom. The molecule has 4 atom stereocenters. The fraction of sp³-hybridized carbons (Fsp3) is 0.524. The highest BCUT2D eigenvalue weighted by Crippen LogP contribution is 2.22. The third-order valence-corrected chi connectivity index (χ3v) is 5.48. The number of carbonyl (C=O) groups is 2. The fourth-order valence-corrected chi connectivity index (χ4v) is 3.44. The summed E-state index contributed by atoms with van der Waals surface area (Å²) in [5.41, 5.74) is -0.789. The number of aliphatic carboxylic acids is 1. The van der Waals surface area contributed by atoms with Crippen LogP contribution in [0.5, 0.6) is 0 Å². The minimum absolute atomic E-state index is 0.0110. The highest BCUT2D eigenvalue weighted by molar-refractivity contribution is 5.92. The lowest BCUT2D eigenvalue weighted by molar-refractivity contribution is -0.164. The predicted octanol–water partition coefficient (Wildman–Crippen LogP) is -2.83. The van der Waals surface area contributed by atoms with Gasteiger partial charge in [0.1, 0.15) is 29.5 Å². The lowest BCUT2D eigenvalue weighted by Crippen LogP contribution is -2.48. The van der Waals surface area contributed by atoms with E-state index in [1.165, 1.54) is 6.20 Å². The summed E-state index contributed by atoms with van der Waals surface area (Å²) in [6, 6.07) is 1.10. The third-order valence-electron chi connectivity index (χ3n) is 5.48. The molecule has 2 aromatic rings. The van der Waals surface area contributed by atoms with Crippen molar-refractivity contribution in [3.63, 3.8) is 0 Å². The van der Waals surface area contributed by atoms with Gasteiger partial charge in [-0.05, 0) is 13.0 Å². The second kappa shape index (κ2) is 12.7. The molecule has 36 heavy (non-hydrogen) atoms. The summed E-state index contributed by atoms with van der Waals surface area (Å²) in [6.45, 7) is 4.11. The second-order valence-corrected chi connectivity index (χ2v) is 7.88. The summed E-state index contributed by atoms with van der Waals surface area (Å²) in [5.74, 6) is -3.47. The quantitative estimate of drug-likeness (QED) is 0.177. The number of rotatable bonds is 8. The van der Waals surface area contributed by atoms with Crippen LogP contribution >= 0.6 is 0 Å². The maximum atomic E-state index is 14.4. The molecule has 0 spiro atoms. The molecule has 1 aliphatic heterocycles. The molecular weight excluding hydrogens is 487 g/mol. The number of aromatic carboxylic acids is 1. The third kappa shape index (κ3) is 6.51. The molecule has 2 aromatic heterocycles. The molecule has 0 amide bonds. The Hall–Kier alpha value is -3.21. The van der Waals surface area contributed by atoms with Crippen LogP contribution in [-0.2, 0) is 11.3 Å². The van der Waals surface area contributed by atoms with Gasteiger partial charge < -0.3 is 50.5 Å². The summed E-state index contributed by atoms with van der Waals surface area (Å²) in [6.07, 6.45) is -6.57. The van der Waals surface area contributed by atoms with Crippen LogP contribution in [0.15, 0.2) is 17.1 Å². The van der Waals surface area contributed by atoms with Crippen LogP contribution in [0.2, 0.25) is 0 Å². The van der Waals surface area contributed by atoms with Crippen molar-refractivity contribution in [2.45, 2.75) is 37.9 Å². The van der Waals surface area contributed by atoms with E-state index in [0.29, 0.717) is 25.3 Å². The Morgan fingerprint density at radius 1 is 1.14 bits per heavy atom. The molecule has 8 N–H and O–H groups in total. The van der Waals surface area contributed by atoms with Gasteiger partial charge >= 0.3 is 11.9 Å². The second-order valence-electron chi connectivity index (χ2n) is 7.88. The number of hydrogen-bond donors (Lipinski definition) is 8. The topological polar surface area (TPSA) is 226 Å². The maximum absolute atomic E-state index is 14.4. The molecule has 0 bridgehead atoms. The van der Waals surface area contributed by atoms with E-state index in [0.717, 1.165) is 19.2 Å². The van der Waals surface area contributed by atoms with E-state index in [1.807, 2.05) is 11.8 Å². The zero-order chi connectivity index (χ0) is 27.2. The van der Waals surface area contributed by atoms with E-state index in [-0.39, 0.29) is 16.8 Å². The van der Waals surface area contributed by atoms with Gasteiger partial charge in [-0.1, -0.05) is 0 Å². The molecule has 0 unspecified atom stereocenters. The van der Waals surface area contributed by atoms with Gasteiger partial charge in [-0.25, -0.2) is 19.0 Å². The van der Waals surface area contributed by atoms with Gasteiger partial charge in [0.15, 0.2) is 17.7 Å². The number of aryl methyl sites for hydroxylation is 1. The van der Waals surface area contributed by atoms with E-state index < -0.39 is 54.2 Å². The van der Waals surface area contributed by atoms with Crippen molar-refractivity contribution in [1.29, 1.82) is 0 Å². The van der Waals surface area contributed by atoms with Gasteiger partial charge in [-0.2, -0.15) is 0 Å². The van der Waals surface area contributed by atoms with Crippen molar-refractivity contribution < 1.29 is 49.7 Å².